The summed E-state index contributed by atoms with van der Waals surface area (Å²) in [5.41, 5.74) is 2.03. The minimum absolute atomic E-state index is 0.744. The van der Waals surface area contributed by atoms with Crippen molar-refractivity contribution in [2.75, 3.05) is 11.9 Å². The van der Waals surface area contributed by atoms with Crippen LogP contribution in [0.2, 0.25) is 5.02 Å². The molecule has 3 nitrogen and oxygen atoms in total. The first-order valence-electron chi connectivity index (χ1n) is 4.90. The maximum atomic E-state index is 5.94. The molecule has 1 aliphatic rings. The average molecular weight is 220 g/mol. The zero-order chi connectivity index (χ0) is 10.3. The van der Waals surface area contributed by atoms with E-state index in [-0.39, 0.29) is 0 Å². The van der Waals surface area contributed by atoms with Gasteiger partial charge in [0.05, 0.1) is 12.2 Å². The molecule has 0 saturated carbocycles. The monoisotopic (exact) mass is 219 g/mol. The maximum Gasteiger partial charge on any atom is 0.125 e. The van der Waals surface area contributed by atoms with Crippen molar-refractivity contribution in [3.05, 3.63) is 35.4 Å². The van der Waals surface area contributed by atoms with Gasteiger partial charge < -0.3 is 5.32 Å². The maximum absolute atomic E-state index is 5.94. The predicted molar refractivity (Wildman–Crippen MR) is 61.2 cm³/mol. The average Bonchev–Trinajstić information content (AvgIpc) is 2.76. The van der Waals surface area contributed by atoms with Crippen molar-refractivity contribution in [2.45, 2.75) is 6.54 Å². The molecule has 1 aromatic carbocycles. The van der Waals surface area contributed by atoms with Gasteiger partial charge in [0.15, 0.2) is 0 Å². The number of rotatable bonds is 1. The highest BCUT2D eigenvalue weighted by atomic mass is 35.5. The molecule has 2 heterocycles. The third-order valence-electron chi connectivity index (χ3n) is 2.53. The molecule has 2 aromatic rings. The summed E-state index contributed by atoms with van der Waals surface area (Å²) in [5, 5.41) is 8.51. The van der Waals surface area contributed by atoms with Crippen LogP contribution in [0.25, 0.3) is 11.3 Å². The number of nitrogens with one attached hydrogen (secondary N) is 1. The molecular formula is C11H10ClN3. The van der Waals surface area contributed by atoms with Crippen molar-refractivity contribution < 1.29 is 0 Å². The minimum atomic E-state index is 0.744. The first-order valence-corrected chi connectivity index (χ1v) is 5.28. The molecule has 0 atom stereocenters. The Labute approximate surface area is 92.7 Å². The number of anilines is 1. The lowest BCUT2D eigenvalue weighted by atomic mass is 10.1. The van der Waals surface area contributed by atoms with Gasteiger partial charge in [0.2, 0.25) is 0 Å². The minimum Gasteiger partial charge on any atom is -0.368 e. The lowest BCUT2D eigenvalue weighted by Crippen LogP contribution is -1.96. The summed E-state index contributed by atoms with van der Waals surface area (Å²) in [6.45, 7) is 1.91. The Bertz CT molecular complexity index is 483. The molecule has 0 spiro atoms. The first-order chi connectivity index (χ1) is 7.33. The molecule has 0 amide bonds. The third-order valence-corrected chi connectivity index (χ3v) is 2.77. The number of nitrogens with zero attached hydrogens (tertiary/aromatic N) is 2. The second-order valence-electron chi connectivity index (χ2n) is 3.58. The number of aromatic nitrogens is 2. The molecule has 0 bridgehead atoms. The highest BCUT2D eigenvalue weighted by molar-refractivity contribution is 6.30. The molecule has 3 rings (SSSR count). The molecule has 1 aromatic heterocycles. The zero-order valence-electron chi connectivity index (χ0n) is 8.07. The van der Waals surface area contributed by atoms with Crippen LogP contribution in [0.1, 0.15) is 0 Å². The van der Waals surface area contributed by atoms with Crippen LogP contribution < -0.4 is 5.32 Å². The lowest BCUT2D eigenvalue weighted by Gasteiger charge is -1.97. The number of halogens is 1. The number of hydrogen-bond donors (Lipinski definition) is 1. The molecule has 0 fully saturated rings. The van der Waals surface area contributed by atoms with Crippen molar-refractivity contribution in [1.29, 1.82) is 0 Å². The van der Waals surface area contributed by atoms with Crippen molar-refractivity contribution in [3.8, 4) is 11.3 Å². The van der Waals surface area contributed by atoms with Crippen molar-refractivity contribution in [3.63, 3.8) is 0 Å². The van der Waals surface area contributed by atoms with E-state index in [0.717, 1.165) is 35.2 Å². The van der Waals surface area contributed by atoms with Gasteiger partial charge in [0.25, 0.3) is 0 Å². The Morgan fingerprint density at radius 2 is 2.27 bits per heavy atom. The molecule has 0 aliphatic carbocycles. The van der Waals surface area contributed by atoms with E-state index in [1.807, 2.05) is 28.9 Å². The molecule has 4 heteroatoms. The molecule has 76 valence electrons. The summed E-state index contributed by atoms with van der Waals surface area (Å²) in [6.07, 6.45) is 0. The number of fused-ring (bicyclic) bond motifs is 1. The zero-order valence-corrected chi connectivity index (χ0v) is 8.83. The molecule has 0 unspecified atom stereocenters. The van der Waals surface area contributed by atoms with Crippen molar-refractivity contribution in [2.24, 2.45) is 0 Å². The fourth-order valence-corrected chi connectivity index (χ4v) is 2.00. The van der Waals surface area contributed by atoms with E-state index in [1.165, 1.54) is 0 Å². The van der Waals surface area contributed by atoms with Gasteiger partial charge in [-0.2, -0.15) is 5.10 Å². The topological polar surface area (TPSA) is 29.9 Å². The quantitative estimate of drug-likeness (QED) is 0.799. The molecule has 0 saturated heterocycles. The largest absolute Gasteiger partial charge is 0.368 e. The summed E-state index contributed by atoms with van der Waals surface area (Å²) in [6, 6.07) is 9.81. The van der Waals surface area contributed by atoms with Gasteiger partial charge in [-0.15, -0.1) is 0 Å². The smallest absolute Gasteiger partial charge is 0.125 e. The van der Waals surface area contributed by atoms with E-state index in [9.17, 15) is 0 Å². The van der Waals surface area contributed by atoms with Gasteiger partial charge in [0, 0.05) is 23.2 Å². The highest BCUT2D eigenvalue weighted by Gasteiger charge is 2.13. The number of hydrogen-bond acceptors (Lipinski definition) is 2. The summed E-state index contributed by atoms with van der Waals surface area (Å²) >= 11 is 5.94. The van der Waals surface area contributed by atoms with E-state index in [4.69, 9.17) is 11.6 Å². The third kappa shape index (κ3) is 1.49. The molecule has 0 radical (unpaired) electrons. The Morgan fingerprint density at radius 3 is 3.07 bits per heavy atom. The van der Waals surface area contributed by atoms with E-state index in [1.54, 1.807) is 0 Å². The van der Waals surface area contributed by atoms with Gasteiger partial charge in [-0.3, -0.25) is 0 Å². The Morgan fingerprint density at radius 1 is 1.33 bits per heavy atom. The van der Waals surface area contributed by atoms with Gasteiger partial charge in [0.1, 0.15) is 5.82 Å². The lowest BCUT2D eigenvalue weighted by molar-refractivity contribution is 0.699. The van der Waals surface area contributed by atoms with Crippen LogP contribution in [0.3, 0.4) is 0 Å². The SMILES string of the molecule is Clc1cccc(-c2cc3n(n2)CCN3)c1. The van der Waals surface area contributed by atoms with Gasteiger partial charge in [-0.1, -0.05) is 23.7 Å². The standard InChI is InChI=1S/C11H10ClN3/c12-9-3-1-2-8(6-9)10-7-11-13-4-5-15(11)14-10/h1-3,6-7,13H,4-5H2. The van der Waals surface area contributed by atoms with Crippen molar-refractivity contribution in [1.82, 2.24) is 9.78 Å². The molecule has 1 N–H and O–H groups in total. The number of benzene rings is 1. The highest BCUT2D eigenvalue weighted by Crippen LogP contribution is 2.25. The second-order valence-corrected chi connectivity index (χ2v) is 4.01. The van der Waals surface area contributed by atoms with E-state index < -0.39 is 0 Å². The van der Waals surface area contributed by atoms with E-state index >= 15 is 0 Å². The first kappa shape index (κ1) is 8.80. The normalized spacial score (nSPS) is 13.7. The fraction of sp³-hybridized carbons (Fsp3) is 0.182. The van der Waals surface area contributed by atoms with E-state index in [2.05, 4.69) is 16.5 Å². The van der Waals surface area contributed by atoms with Crippen LogP contribution in [0.15, 0.2) is 30.3 Å². The van der Waals surface area contributed by atoms with Crippen LogP contribution in [0.4, 0.5) is 5.82 Å². The van der Waals surface area contributed by atoms with Crippen LogP contribution >= 0.6 is 11.6 Å². The summed E-state index contributed by atoms with van der Waals surface area (Å²) < 4.78 is 1.98. The van der Waals surface area contributed by atoms with Crippen LogP contribution in [0, 0.1) is 0 Å². The summed E-state index contributed by atoms with van der Waals surface area (Å²) in [4.78, 5) is 0. The Kier molecular flexibility index (Phi) is 1.92. The predicted octanol–water partition coefficient (Wildman–Crippen LogP) is 2.63. The molecule has 15 heavy (non-hydrogen) atoms. The fourth-order valence-electron chi connectivity index (χ4n) is 1.81. The van der Waals surface area contributed by atoms with Crippen LogP contribution in [-0.2, 0) is 6.54 Å². The summed E-state index contributed by atoms with van der Waals surface area (Å²) in [5.74, 6) is 1.09. The van der Waals surface area contributed by atoms with E-state index in [0.29, 0.717) is 0 Å². The van der Waals surface area contributed by atoms with Crippen LogP contribution in [0.5, 0.6) is 0 Å². The Hall–Kier alpha value is -1.48. The second kappa shape index (κ2) is 3.28. The van der Waals surface area contributed by atoms with Gasteiger partial charge >= 0.3 is 0 Å². The van der Waals surface area contributed by atoms with Crippen LogP contribution in [-0.4, -0.2) is 16.3 Å². The molecule has 1 aliphatic heterocycles. The van der Waals surface area contributed by atoms with Gasteiger partial charge in [-0.05, 0) is 12.1 Å². The summed E-state index contributed by atoms with van der Waals surface area (Å²) in [7, 11) is 0. The Balaban J connectivity index is 2.06. The molecular weight excluding hydrogens is 210 g/mol. The van der Waals surface area contributed by atoms with Gasteiger partial charge in [-0.25, -0.2) is 4.68 Å². The van der Waals surface area contributed by atoms with Crippen molar-refractivity contribution >= 4 is 17.4 Å².